The number of hydrogen-bond donors (Lipinski definition) is 2. The number of aromatic nitrogens is 1. The van der Waals surface area contributed by atoms with E-state index in [2.05, 4.69) is 10.6 Å². The summed E-state index contributed by atoms with van der Waals surface area (Å²) >= 11 is 0. The van der Waals surface area contributed by atoms with Crippen LogP contribution in [0.1, 0.15) is 28.4 Å². The van der Waals surface area contributed by atoms with Crippen molar-refractivity contribution >= 4 is 23.3 Å². The van der Waals surface area contributed by atoms with Crippen LogP contribution in [0.25, 0.3) is 0 Å². The number of likely N-dealkylation sites (tertiary alicyclic amines) is 1. The quantitative estimate of drug-likeness (QED) is 0.514. The average Bonchev–Trinajstić information content (AvgIpc) is 2.94. The number of benzene rings is 2. The zero-order valence-electron chi connectivity index (χ0n) is 21.5. The summed E-state index contributed by atoms with van der Waals surface area (Å²) in [5.74, 6) is 1.92. The minimum absolute atomic E-state index is 0.0257. The first-order valence-electron chi connectivity index (χ1n) is 12.4. The molecule has 3 aromatic rings. The standard InChI is InChI=1S/C28H30N4O6/c1-36-21-6-4-18(5-7-21)26(33)31-14-17-10-19(16-31)25-9-8-24(27(34)32(25)15-17)30-28(35)29-20-11-22(37-2)13-23(12-20)38-3/h4-9,11-13,17,19H,10,14-16H2,1-3H3,(H2,29,30,35)/t17-,19-/m1/s1. The Balaban J connectivity index is 1.30. The second-order valence-electron chi connectivity index (χ2n) is 9.51. The highest BCUT2D eigenvalue weighted by atomic mass is 16.5. The minimum Gasteiger partial charge on any atom is -0.497 e. The number of anilines is 2. The van der Waals surface area contributed by atoms with Crippen molar-refractivity contribution in [2.24, 2.45) is 5.92 Å². The first-order chi connectivity index (χ1) is 18.4. The molecule has 1 fully saturated rings. The molecule has 0 unspecified atom stereocenters. The van der Waals surface area contributed by atoms with Crippen LogP contribution in [0.3, 0.4) is 0 Å². The summed E-state index contributed by atoms with van der Waals surface area (Å²) in [7, 11) is 4.64. The molecule has 2 aromatic carbocycles. The van der Waals surface area contributed by atoms with Crippen LogP contribution < -0.4 is 30.4 Å². The van der Waals surface area contributed by atoms with Crippen LogP contribution in [0.5, 0.6) is 17.2 Å². The molecule has 2 N–H and O–H groups in total. The molecule has 0 aliphatic carbocycles. The van der Waals surface area contributed by atoms with Gasteiger partial charge in [0.15, 0.2) is 0 Å². The summed E-state index contributed by atoms with van der Waals surface area (Å²) in [6.45, 7) is 1.59. The van der Waals surface area contributed by atoms with Crippen LogP contribution in [0.4, 0.5) is 16.2 Å². The lowest BCUT2D eigenvalue weighted by Crippen LogP contribution is -2.49. The molecule has 2 bridgehead atoms. The minimum atomic E-state index is -0.551. The number of nitrogens with zero attached hydrogens (tertiary/aromatic N) is 2. The summed E-state index contributed by atoms with van der Waals surface area (Å²) in [5, 5.41) is 5.39. The number of piperidine rings is 1. The second-order valence-corrected chi connectivity index (χ2v) is 9.51. The molecule has 198 valence electrons. The molecule has 38 heavy (non-hydrogen) atoms. The fourth-order valence-corrected chi connectivity index (χ4v) is 5.29. The molecule has 0 radical (unpaired) electrons. The lowest BCUT2D eigenvalue weighted by Gasteiger charge is -2.43. The van der Waals surface area contributed by atoms with Crippen LogP contribution in [-0.4, -0.2) is 55.8 Å². The topological polar surface area (TPSA) is 111 Å². The van der Waals surface area contributed by atoms with Gasteiger partial charge >= 0.3 is 6.03 Å². The number of carbonyl (C=O) groups excluding carboxylic acids is 2. The maximum atomic E-state index is 13.3. The van der Waals surface area contributed by atoms with Gasteiger partial charge in [-0.1, -0.05) is 0 Å². The van der Waals surface area contributed by atoms with Gasteiger partial charge in [-0.25, -0.2) is 4.79 Å². The van der Waals surface area contributed by atoms with Crippen molar-refractivity contribution in [2.45, 2.75) is 18.9 Å². The molecule has 1 aromatic heterocycles. The van der Waals surface area contributed by atoms with Gasteiger partial charge in [0.1, 0.15) is 22.9 Å². The zero-order chi connectivity index (χ0) is 26.8. The molecule has 3 amide bonds. The smallest absolute Gasteiger partial charge is 0.323 e. The van der Waals surface area contributed by atoms with Gasteiger partial charge in [-0.3, -0.25) is 9.59 Å². The third-order valence-electron chi connectivity index (χ3n) is 7.09. The van der Waals surface area contributed by atoms with Gasteiger partial charge in [-0.2, -0.15) is 0 Å². The number of carbonyl (C=O) groups is 2. The Hall–Kier alpha value is -4.47. The maximum absolute atomic E-state index is 13.3. The van der Waals surface area contributed by atoms with E-state index >= 15 is 0 Å². The number of ether oxygens (including phenoxy) is 3. The predicted molar refractivity (Wildman–Crippen MR) is 143 cm³/mol. The number of nitrogens with one attached hydrogen (secondary N) is 2. The first kappa shape index (κ1) is 25.2. The fraction of sp³-hybridized carbons (Fsp3) is 0.321. The summed E-state index contributed by atoms with van der Waals surface area (Å²) in [6, 6.07) is 15.1. The van der Waals surface area contributed by atoms with Gasteiger partial charge < -0.3 is 34.3 Å². The number of hydrogen-bond acceptors (Lipinski definition) is 6. The van der Waals surface area contributed by atoms with E-state index in [-0.39, 0.29) is 29.0 Å². The van der Waals surface area contributed by atoms with E-state index in [0.717, 1.165) is 12.1 Å². The highest BCUT2D eigenvalue weighted by Crippen LogP contribution is 2.36. The average molecular weight is 519 g/mol. The van der Waals surface area contributed by atoms with E-state index in [0.29, 0.717) is 48.1 Å². The van der Waals surface area contributed by atoms with Crippen molar-refractivity contribution in [1.29, 1.82) is 0 Å². The molecule has 0 saturated carbocycles. The van der Waals surface area contributed by atoms with E-state index < -0.39 is 6.03 Å². The Labute approximate surface area is 220 Å². The van der Waals surface area contributed by atoms with Crippen molar-refractivity contribution in [3.8, 4) is 17.2 Å². The monoisotopic (exact) mass is 518 g/mol. The molecule has 10 nitrogen and oxygen atoms in total. The highest BCUT2D eigenvalue weighted by molar-refractivity contribution is 6.00. The molecule has 2 atom stereocenters. The van der Waals surface area contributed by atoms with Gasteiger partial charge in [0.2, 0.25) is 0 Å². The molecule has 2 aliphatic rings. The normalized spacial score (nSPS) is 17.7. The zero-order valence-corrected chi connectivity index (χ0v) is 21.5. The SMILES string of the molecule is COc1ccc(C(=O)N2C[C@H]3C[C@H](C2)c2ccc(NC(=O)Nc4cc(OC)cc(OC)c4)c(=O)n2C3)cc1. The van der Waals surface area contributed by atoms with Gasteiger partial charge in [-0.15, -0.1) is 0 Å². The Kier molecular flexibility index (Phi) is 6.95. The number of urea groups is 1. The molecular weight excluding hydrogens is 488 g/mol. The molecule has 0 spiro atoms. The summed E-state index contributed by atoms with van der Waals surface area (Å²) < 4.78 is 17.4. The van der Waals surface area contributed by atoms with Crippen molar-refractivity contribution < 1.29 is 23.8 Å². The highest BCUT2D eigenvalue weighted by Gasteiger charge is 2.37. The Morgan fingerprint density at radius 1 is 0.816 bits per heavy atom. The van der Waals surface area contributed by atoms with Crippen LogP contribution in [0.2, 0.25) is 0 Å². The molecule has 10 heteroatoms. The number of pyridine rings is 1. The van der Waals surface area contributed by atoms with E-state index in [1.807, 2.05) is 11.0 Å². The maximum Gasteiger partial charge on any atom is 0.323 e. The lowest BCUT2D eigenvalue weighted by atomic mass is 9.83. The van der Waals surface area contributed by atoms with Crippen molar-refractivity contribution in [3.63, 3.8) is 0 Å². The lowest BCUT2D eigenvalue weighted by molar-refractivity contribution is 0.0594. The van der Waals surface area contributed by atoms with Crippen molar-refractivity contribution in [2.75, 3.05) is 45.1 Å². The first-order valence-corrected chi connectivity index (χ1v) is 12.4. The summed E-state index contributed by atoms with van der Waals surface area (Å²) in [4.78, 5) is 41.0. The number of amides is 3. The molecular formula is C28H30N4O6. The van der Waals surface area contributed by atoms with Crippen molar-refractivity contribution in [1.82, 2.24) is 9.47 Å². The third-order valence-corrected chi connectivity index (χ3v) is 7.09. The molecule has 1 saturated heterocycles. The Bertz CT molecular complexity index is 1400. The molecule has 2 aliphatic heterocycles. The van der Waals surface area contributed by atoms with Crippen LogP contribution in [0.15, 0.2) is 59.4 Å². The number of methoxy groups -OCH3 is 3. The van der Waals surface area contributed by atoms with Crippen LogP contribution in [-0.2, 0) is 6.54 Å². The van der Waals surface area contributed by atoms with Gasteiger partial charge in [0, 0.05) is 60.7 Å². The Morgan fingerprint density at radius 2 is 1.50 bits per heavy atom. The molecule has 5 rings (SSSR count). The van der Waals surface area contributed by atoms with E-state index in [1.54, 1.807) is 60.2 Å². The van der Waals surface area contributed by atoms with E-state index in [4.69, 9.17) is 14.2 Å². The van der Waals surface area contributed by atoms with Gasteiger partial charge in [0.25, 0.3) is 11.5 Å². The number of rotatable bonds is 6. The van der Waals surface area contributed by atoms with Crippen LogP contribution >= 0.6 is 0 Å². The Morgan fingerprint density at radius 3 is 2.16 bits per heavy atom. The van der Waals surface area contributed by atoms with Crippen molar-refractivity contribution in [3.05, 3.63) is 76.2 Å². The predicted octanol–water partition coefficient (Wildman–Crippen LogP) is 3.78. The number of fused-ring (bicyclic) bond motifs is 4. The second kappa shape index (κ2) is 10.5. The van der Waals surface area contributed by atoms with Crippen LogP contribution in [0, 0.1) is 5.92 Å². The van der Waals surface area contributed by atoms with Gasteiger partial charge in [0.05, 0.1) is 21.3 Å². The fourth-order valence-electron chi connectivity index (χ4n) is 5.29. The summed E-state index contributed by atoms with van der Waals surface area (Å²) in [5.41, 5.74) is 1.88. The third kappa shape index (κ3) is 5.02. The van der Waals surface area contributed by atoms with E-state index in [1.165, 1.54) is 14.2 Å². The molecule has 3 heterocycles. The van der Waals surface area contributed by atoms with E-state index in [9.17, 15) is 14.4 Å². The summed E-state index contributed by atoms with van der Waals surface area (Å²) in [6.07, 6.45) is 0.913. The van der Waals surface area contributed by atoms with Gasteiger partial charge in [-0.05, 0) is 48.7 Å². The largest absolute Gasteiger partial charge is 0.497 e.